The molecule has 0 bridgehead atoms. The van der Waals surface area contributed by atoms with E-state index in [0.29, 0.717) is 0 Å². The molecule has 0 radical (unpaired) electrons. The summed E-state index contributed by atoms with van der Waals surface area (Å²) in [5.74, 6) is -1.54. The van der Waals surface area contributed by atoms with Crippen LogP contribution in [0.4, 0.5) is 5.69 Å². The zero-order valence-electron chi connectivity index (χ0n) is 17.1. The van der Waals surface area contributed by atoms with Crippen LogP contribution in [0.2, 0.25) is 0 Å². The van der Waals surface area contributed by atoms with Gasteiger partial charge < -0.3 is 5.32 Å². The second-order valence-electron chi connectivity index (χ2n) is 9.81. The van der Waals surface area contributed by atoms with Crippen LogP contribution in [0.1, 0.15) is 50.3 Å². The summed E-state index contributed by atoms with van der Waals surface area (Å²) in [5, 5.41) is 3.08. The molecule has 148 valence electrons. The van der Waals surface area contributed by atoms with Crippen molar-refractivity contribution in [1.29, 1.82) is 0 Å². The molecule has 3 amide bonds. The molecule has 28 heavy (non-hydrogen) atoms. The van der Waals surface area contributed by atoms with Crippen molar-refractivity contribution in [1.82, 2.24) is 9.80 Å². The first-order valence-corrected chi connectivity index (χ1v) is 10.2. The van der Waals surface area contributed by atoms with Crippen molar-refractivity contribution < 1.29 is 14.4 Å². The van der Waals surface area contributed by atoms with Crippen LogP contribution in [0.15, 0.2) is 12.1 Å². The van der Waals surface area contributed by atoms with Gasteiger partial charge >= 0.3 is 0 Å². The van der Waals surface area contributed by atoms with Gasteiger partial charge in [0.15, 0.2) is 0 Å². The highest BCUT2D eigenvalue weighted by Crippen LogP contribution is 2.61. The number of fused-ring (bicyclic) bond motifs is 7. The van der Waals surface area contributed by atoms with E-state index in [9.17, 15) is 14.4 Å². The number of hydrogen-bond acceptors (Lipinski definition) is 4. The number of nitrogens with one attached hydrogen (secondary N) is 1. The number of imide groups is 1. The van der Waals surface area contributed by atoms with Gasteiger partial charge in [0.1, 0.15) is 5.54 Å². The standard InChI is InChI=1S/C22H27N3O3/c1-11-9-12(2)17-13(10-11)22(20(28)23-17)16-15(14-7-6-8-24(14)22)18(26)25(19(16)27)21(3,4)5/h9-10,14-16H,6-8H2,1-5H3,(H,23,28). The molecule has 1 aromatic rings. The molecule has 3 saturated heterocycles. The Morgan fingerprint density at radius 1 is 1.11 bits per heavy atom. The highest BCUT2D eigenvalue weighted by atomic mass is 16.2. The summed E-state index contributed by atoms with van der Waals surface area (Å²) in [6.07, 6.45) is 1.80. The van der Waals surface area contributed by atoms with Gasteiger partial charge in [-0.1, -0.05) is 17.7 Å². The van der Waals surface area contributed by atoms with Gasteiger partial charge in [-0.25, -0.2) is 0 Å². The van der Waals surface area contributed by atoms with E-state index >= 15 is 0 Å². The van der Waals surface area contributed by atoms with Gasteiger partial charge in [0.25, 0.3) is 0 Å². The first kappa shape index (κ1) is 17.9. The highest BCUT2D eigenvalue weighted by molar-refractivity contribution is 6.15. The van der Waals surface area contributed by atoms with Crippen LogP contribution in [0.3, 0.4) is 0 Å². The Kier molecular flexibility index (Phi) is 3.34. The van der Waals surface area contributed by atoms with Gasteiger partial charge in [0.05, 0.1) is 11.8 Å². The average Bonchev–Trinajstić information content (AvgIpc) is 3.25. The molecule has 4 aliphatic rings. The third-order valence-electron chi connectivity index (χ3n) is 7.11. The van der Waals surface area contributed by atoms with Crippen LogP contribution in [-0.2, 0) is 19.9 Å². The summed E-state index contributed by atoms with van der Waals surface area (Å²) >= 11 is 0. The van der Waals surface area contributed by atoms with Crippen LogP contribution in [-0.4, -0.2) is 45.6 Å². The van der Waals surface area contributed by atoms with Crippen LogP contribution >= 0.6 is 0 Å². The molecule has 1 N–H and O–H groups in total. The first-order valence-electron chi connectivity index (χ1n) is 10.2. The lowest BCUT2D eigenvalue weighted by molar-refractivity contribution is -0.150. The van der Waals surface area contributed by atoms with Crippen molar-refractivity contribution in [3.63, 3.8) is 0 Å². The number of rotatable bonds is 0. The molecule has 1 spiro atoms. The third-order valence-corrected chi connectivity index (χ3v) is 7.11. The number of hydrogen-bond donors (Lipinski definition) is 1. The molecule has 4 heterocycles. The van der Waals surface area contributed by atoms with Gasteiger partial charge in [0, 0.05) is 22.8 Å². The Morgan fingerprint density at radius 3 is 2.50 bits per heavy atom. The largest absolute Gasteiger partial charge is 0.324 e. The number of likely N-dealkylation sites (tertiary alicyclic amines) is 1. The zero-order valence-corrected chi connectivity index (χ0v) is 17.1. The normalized spacial score (nSPS) is 34.2. The van der Waals surface area contributed by atoms with E-state index in [1.165, 1.54) is 4.90 Å². The minimum absolute atomic E-state index is 0.0497. The lowest BCUT2D eigenvalue weighted by Gasteiger charge is -2.39. The van der Waals surface area contributed by atoms with Gasteiger partial charge in [-0.15, -0.1) is 0 Å². The molecule has 6 heteroatoms. The zero-order chi connectivity index (χ0) is 20.2. The predicted octanol–water partition coefficient (Wildman–Crippen LogP) is 2.33. The molecule has 4 unspecified atom stereocenters. The van der Waals surface area contributed by atoms with E-state index < -0.39 is 22.9 Å². The Balaban J connectivity index is 1.78. The predicted molar refractivity (Wildman–Crippen MR) is 105 cm³/mol. The van der Waals surface area contributed by atoms with Crippen molar-refractivity contribution in [2.24, 2.45) is 11.8 Å². The van der Waals surface area contributed by atoms with E-state index in [0.717, 1.165) is 41.8 Å². The van der Waals surface area contributed by atoms with Crippen LogP contribution < -0.4 is 5.32 Å². The van der Waals surface area contributed by atoms with Crippen molar-refractivity contribution >= 4 is 23.4 Å². The molecule has 0 saturated carbocycles. The number of aryl methyl sites for hydroxylation is 2. The number of amides is 3. The lowest BCUT2D eigenvalue weighted by atomic mass is 9.75. The smallest absolute Gasteiger partial charge is 0.250 e. The summed E-state index contributed by atoms with van der Waals surface area (Å²) in [6, 6.07) is 4.04. The molecule has 3 fully saturated rings. The van der Waals surface area contributed by atoms with E-state index in [1.54, 1.807) is 0 Å². The fourth-order valence-corrected chi connectivity index (χ4v) is 6.32. The Bertz CT molecular complexity index is 947. The van der Waals surface area contributed by atoms with Gasteiger partial charge in [-0.05, 0) is 59.6 Å². The van der Waals surface area contributed by atoms with Crippen LogP contribution in [0.5, 0.6) is 0 Å². The Morgan fingerprint density at radius 2 is 1.82 bits per heavy atom. The van der Waals surface area contributed by atoms with E-state index in [4.69, 9.17) is 0 Å². The van der Waals surface area contributed by atoms with Crippen LogP contribution in [0, 0.1) is 25.7 Å². The number of benzene rings is 1. The van der Waals surface area contributed by atoms with Crippen molar-refractivity contribution in [3.05, 3.63) is 28.8 Å². The molecular weight excluding hydrogens is 354 g/mol. The second-order valence-corrected chi connectivity index (χ2v) is 9.81. The minimum atomic E-state index is -1.06. The summed E-state index contributed by atoms with van der Waals surface area (Å²) in [5.41, 5.74) is 2.11. The Hall–Kier alpha value is -2.21. The molecular formula is C22H27N3O3. The summed E-state index contributed by atoms with van der Waals surface area (Å²) < 4.78 is 0. The number of carbonyl (C=O) groups is 3. The lowest BCUT2D eigenvalue weighted by Crippen LogP contribution is -2.56. The summed E-state index contributed by atoms with van der Waals surface area (Å²) in [6.45, 7) is 10.4. The van der Waals surface area contributed by atoms with Crippen LogP contribution in [0.25, 0.3) is 0 Å². The fourth-order valence-electron chi connectivity index (χ4n) is 6.32. The molecule has 5 rings (SSSR count). The third kappa shape index (κ3) is 1.85. The topological polar surface area (TPSA) is 69.7 Å². The molecule has 4 aliphatic heterocycles. The van der Waals surface area contributed by atoms with E-state index in [2.05, 4.69) is 16.3 Å². The van der Waals surface area contributed by atoms with Crippen molar-refractivity contribution in [2.45, 2.75) is 64.6 Å². The maximum absolute atomic E-state index is 13.7. The summed E-state index contributed by atoms with van der Waals surface area (Å²) in [7, 11) is 0. The molecule has 0 aliphatic carbocycles. The van der Waals surface area contributed by atoms with Crippen molar-refractivity contribution in [3.8, 4) is 0 Å². The summed E-state index contributed by atoms with van der Waals surface area (Å²) in [4.78, 5) is 44.3. The minimum Gasteiger partial charge on any atom is -0.324 e. The molecule has 1 aromatic carbocycles. The average molecular weight is 381 g/mol. The highest BCUT2D eigenvalue weighted by Gasteiger charge is 2.75. The van der Waals surface area contributed by atoms with Gasteiger partial charge in [-0.2, -0.15) is 0 Å². The maximum Gasteiger partial charge on any atom is 0.250 e. The van der Waals surface area contributed by atoms with Gasteiger partial charge in [-0.3, -0.25) is 24.2 Å². The quantitative estimate of drug-likeness (QED) is 0.701. The second kappa shape index (κ2) is 5.23. The number of nitrogens with zero attached hydrogens (tertiary/aromatic N) is 2. The monoisotopic (exact) mass is 381 g/mol. The molecule has 0 aromatic heterocycles. The Labute approximate surface area is 165 Å². The van der Waals surface area contributed by atoms with Gasteiger partial charge in [0.2, 0.25) is 17.7 Å². The number of carbonyl (C=O) groups excluding carboxylic acids is 3. The number of anilines is 1. The SMILES string of the molecule is Cc1cc(C)c2c(c1)C1(C(=O)N2)C2C(=O)N(C(C)(C)C)C(=O)C2C2CCCN21. The van der Waals surface area contributed by atoms with E-state index in [-0.39, 0.29) is 23.8 Å². The fraction of sp³-hybridized carbons (Fsp3) is 0.591. The van der Waals surface area contributed by atoms with E-state index in [1.807, 2.05) is 40.7 Å². The molecule has 4 atom stereocenters. The maximum atomic E-state index is 13.7. The van der Waals surface area contributed by atoms with Crippen molar-refractivity contribution in [2.75, 3.05) is 11.9 Å². The first-order chi connectivity index (χ1) is 13.1. The molecule has 6 nitrogen and oxygen atoms in total.